The largest absolute Gasteiger partial charge is 0.463 e. The summed E-state index contributed by atoms with van der Waals surface area (Å²) in [6, 6.07) is 6.95. The molecular formula is C13H14N4O2. The third-order valence-corrected chi connectivity index (χ3v) is 2.93. The van der Waals surface area contributed by atoms with Crippen LogP contribution in [0.25, 0.3) is 17.1 Å². The summed E-state index contributed by atoms with van der Waals surface area (Å²) in [5.41, 5.74) is 7.42. The molecule has 3 heterocycles. The molecule has 3 rings (SSSR count). The second kappa shape index (κ2) is 4.74. The average Bonchev–Trinajstić information content (AvgIpc) is 3.04. The van der Waals surface area contributed by atoms with Crippen molar-refractivity contribution in [3.8, 4) is 11.5 Å². The van der Waals surface area contributed by atoms with Crippen LogP contribution in [0.3, 0.4) is 0 Å². The first-order chi connectivity index (χ1) is 9.28. The zero-order chi connectivity index (χ0) is 13.2. The highest BCUT2D eigenvalue weighted by atomic mass is 16.3. The minimum Gasteiger partial charge on any atom is -0.463 e. The van der Waals surface area contributed by atoms with E-state index in [1.165, 1.54) is 10.6 Å². The van der Waals surface area contributed by atoms with Crippen LogP contribution in [0, 0.1) is 0 Å². The average molecular weight is 258 g/mol. The van der Waals surface area contributed by atoms with Gasteiger partial charge < -0.3 is 10.2 Å². The predicted molar refractivity (Wildman–Crippen MR) is 70.9 cm³/mol. The summed E-state index contributed by atoms with van der Waals surface area (Å²) in [5.74, 6) is 0.674. The molecule has 0 radical (unpaired) electrons. The van der Waals surface area contributed by atoms with E-state index in [1.807, 2.05) is 6.07 Å². The summed E-state index contributed by atoms with van der Waals surface area (Å²) in [7, 11) is 0. The fourth-order valence-electron chi connectivity index (χ4n) is 2.01. The van der Waals surface area contributed by atoms with E-state index in [0.29, 0.717) is 24.4 Å². The molecule has 0 aromatic carbocycles. The Balaban J connectivity index is 2.07. The van der Waals surface area contributed by atoms with E-state index in [2.05, 4.69) is 10.1 Å². The molecule has 3 aromatic rings. The summed E-state index contributed by atoms with van der Waals surface area (Å²) >= 11 is 0. The Bertz CT molecular complexity index is 740. The van der Waals surface area contributed by atoms with Crippen molar-refractivity contribution < 1.29 is 4.42 Å². The molecule has 0 spiro atoms. The Morgan fingerprint density at radius 3 is 3.05 bits per heavy atom. The Hall–Kier alpha value is -2.34. The van der Waals surface area contributed by atoms with Gasteiger partial charge in [-0.25, -0.2) is 9.50 Å². The van der Waals surface area contributed by atoms with Crippen LogP contribution in [0.2, 0.25) is 0 Å². The van der Waals surface area contributed by atoms with Gasteiger partial charge in [0.15, 0.2) is 11.4 Å². The van der Waals surface area contributed by atoms with Gasteiger partial charge in [-0.05, 0) is 31.5 Å². The number of rotatable bonds is 4. The molecule has 0 aliphatic rings. The highest BCUT2D eigenvalue weighted by Gasteiger charge is 2.09. The number of hydrogen-bond acceptors (Lipinski definition) is 4. The first kappa shape index (κ1) is 11.7. The molecular weight excluding hydrogens is 244 g/mol. The molecule has 98 valence electrons. The monoisotopic (exact) mass is 258 g/mol. The minimum absolute atomic E-state index is 0.130. The molecule has 0 saturated carbocycles. The van der Waals surface area contributed by atoms with Crippen LogP contribution in [0.5, 0.6) is 0 Å². The standard InChI is InChI=1S/C13H14N4O2/c14-5-1-3-9-7-13(18)17-12(15-9)8-10(16-17)11-4-2-6-19-11/h2,4,6-8,16H,1,3,5,14H2. The number of hydrogen-bond donors (Lipinski definition) is 2. The van der Waals surface area contributed by atoms with E-state index in [0.717, 1.165) is 17.8 Å². The highest BCUT2D eigenvalue weighted by Crippen LogP contribution is 2.18. The molecule has 0 atom stereocenters. The van der Waals surface area contributed by atoms with Gasteiger partial charge in [-0.3, -0.25) is 9.89 Å². The molecule has 6 nitrogen and oxygen atoms in total. The number of furan rings is 1. The van der Waals surface area contributed by atoms with E-state index >= 15 is 0 Å². The van der Waals surface area contributed by atoms with E-state index in [1.54, 1.807) is 18.4 Å². The van der Waals surface area contributed by atoms with Gasteiger partial charge in [0.25, 0.3) is 5.56 Å². The maximum Gasteiger partial charge on any atom is 0.272 e. The number of fused-ring (bicyclic) bond motifs is 1. The Labute approximate surface area is 108 Å². The molecule has 0 unspecified atom stereocenters. The van der Waals surface area contributed by atoms with Gasteiger partial charge in [0, 0.05) is 17.8 Å². The lowest BCUT2D eigenvalue weighted by molar-refractivity contribution is 0.579. The number of nitrogens with one attached hydrogen (secondary N) is 1. The lowest BCUT2D eigenvalue weighted by Gasteiger charge is -1.98. The van der Waals surface area contributed by atoms with Crippen LogP contribution < -0.4 is 11.3 Å². The quantitative estimate of drug-likeness (QED) is 0.735. The Morgan fingerprint density at radius 2 is 2.32 bits per heavy atom. The van der Waals surface area contributed by atoms with Crippen LogP contribution in [-0.2, 0) is 6.42 Å². The predicted octanol–water partition coefficient (Wildman–Crippen LogP) is 1.17. The summed E-state index contributed by atoms with van der Waals surface area (Å²) in [6.45, 7) is 0.589. The van der Waals surface area contributed by atoms with Crippen LogP contribution in [0.15, 0.2) is 39.7 Å². The van der Waals surface area contributed by atoms with Gasteiger partial charge in [-0.15, -0.1) is 0 Å². The Morgan fingerprint density at radius 1 is 1.42 bits per heavy atom. The second-order valence-electron chi connectivity index (χ2n) is 4.32. The van der Waals surface area contributed by atoms with Crippen LogP contribution >= 0.6 is 0 Å². The number of aromatic amines is 1. The summed E-state index contributed by atoms with van der Waals surface area (Å²) < 4.78 is 6.70. The molecule has 0 fully saturated rings. The highest BCUT2D eigenvalue weighted by molar-refractivity contribution is 5.58. The molecule has 0 bridgehead atoms. The van der Waals surface area contributed by atoms with Gasteiger partial charge in [0.2, 0.25) is 0 Å². The topological polar surface area (TPSA) is 89.3 Å². The summed E-state index contributed by atoms with van der Waals surface area (Å²) in [6.07, 6.45) is 3.12. The number of nitrogens with two attached hydrogens (primary N) is 1. The normalized spacial score (nSPS) is 11.2. The van der Waals surface area contributed by atoms with Crippen molar-refractivity contribution in [1.29, 1.82) is 0 Å². The molecule has 0 amide bonds. The van der Waals surface area contributed by atoms with Crippen molar-refractivity contribution in [2.45, 2.75) is 12.8 Å². The lowest BCUT2D eigenvalue weighted by atomic mass is 10.2. The molecule has 6 heteroatoms. The number of aryl methyl sites for hydroxylation is 1. The maximum absolute atomic E-state index is 12.0. The fourth-order valence-corrected chi connectivity index (χ4v) is 2.01. The third kappa shape index (κ3) is 2.17. The Kier molecular flexibility index (Phi) is 2.92. The fraction of sp³-hybridized carbons (Fsp3) is 0.231. The van der Waals surface area contributed by atoms with E-state index in [-0.39, 0.29) is 5.56 Å². The van der Waals surface area contributed by atoms with Crippen LogP contribution in [0.4, 0.5) is 0 Å². The summed E-state index contributed by atoms with van der Waals surface area (Å²) in [5, 5.41) is 2.97. The number of nitrogens with zero attached hydrogens (tertiary/aromatic N) is 2. The molecule has 19 heavy (non-hydrogen) atoms. The zero-order valence-electron chi connectivity index (χ0n) is 10.3. The molecule has 0 aliphatic heterocycles. The van der Waals surface area contributed by atoms with E-state index in [9.17, 15) is 4.79 Å². The van der Waals surface area contributed by atoms with E-state index in [4.69, 9.17) is 10.2 Å². The number of H-pyrrole nitrogens is 1. The SMILES string of the molecule is NCCCc1cc(=O)n2[nH]c(-c3ccco3)cc2n1. The first-order valence-electron chi connectivity index (χ1n) is 6.13. The zero-order valence-corrected chi connectivity index (χ0v) is 10.3. The minimum atomic E-state index is -0.130. The first-order valence-corrected chi connectivity index (χ1v) is 6.13. The van der Waals surface area contributed by atoms with E-state index < -0.39 is 0 Å². The maximum atomic E-state index is 12.0. The van der Waals surface area contributed by atoms with Crippen LogP contribution in [0.1, 0.15) is 12.1 Å². The van der Waals surface area contributed by atoms with Gasteiger partial charge in [0.1, 0.15) is 5.69 Å². The molecule has 0 saturated heterocycles. The van der Waals surface area contributed by atoms with Gasteiger partial charge >= 0.3 is 0 Å². The second-order valence-corrected chi connectivity index (χ2v) is 4.32. The van der Waals surface area contributed by atoms with Gasteiger partial charge in [-0.2, -0.15) is 0 Å². The van der Waals surface area contributed by atoms with Crippen molar-refractivity contribution in [2.24, 2.45) is 5.73 Å². The summed E-state index contributed by atoms with van der Waals surface area (Å²) in [4.78, 5) is 16.4. The van der Waals surface area contributed by atoms with Crippen molar-refractivity contribution in [1.82, 2.24) is 14.6 Å². The van der Waals surface area contributed by atoms with Gasteiger partial charge in [0.05, 0.1) is 6.26 Å². The molecule has 3 aromatic heterocycles. The van der Waals surface area contributed by atoms with Crippen molar-refractivity contribution >= 4 is 5.65 Å². The molecule has 0 aliphatic carbocycles. The van der Waals surface area contributed by atoms with Crippen LogP contribution in [-0.4, -0.2) is 21.1 Å². The van der Waals surface area contributed by atoms with Crippen molar-refractivity contribution in [3.63, 3.8) is 0 Å². The van der Waals surface area contributed by atoms with Crippen molar-refractivity contribution in [2.75, 3.05) is 6.54 Å². The smallest absolute Gasteiger partial charge is 0.272 e. The van der Waals surface area contributed by atoms with Crippen molar-refractivity contribution in [3.05, 3.63) is 46.6 Å². The lowest BCUT2D eigenvalue weighted by Crippen LogP contribution is -2.16. The molecule has 3 N–H and O–H groups in total. The number of aromatic nitrogens is 3. The third-order valence-electron chi connectivity index (χ3n) is 2.93. The van der Waals surface area contributed by atoms with Gasteiger partial charge in [-0.1, -0.05) is 0 Å².